The topological polar surface area (TPSA) is 22.1 Å². The number of halogens is 6. The van der Waals surface area contributed by atoms with Crippen molar-refractivity contribution in [1.29, 1.82) is 0 Å². The molecular formula is C8H5BrF5NO. The van der Waals surface area contributed by atoms with E-state index in [4.69, 9.17) is 0 Å². The maximum absolute atomic E-state index is 12.4. The summed E-state index contributed by atoms with van der Waals surface area (Å²) in [4.78, 5) is 3.29. The molecule has 8 heteroatoms. The van der Waals surface area contributed by atoms with Crippen molar-refractivity contribution in [3.05, 3.63) is 21.8 Å². The van der Waals surface area contributed by atoms with Crippen LogP contribution in [0.3, 0.4) is 0 Å². The van der Waals surface area contributed by atoms with Crippen molar-refractivity contribution < 1.29 is 26.7 Å². The van der Waals surface area contributed by atoms with Gasteiger partial charge in [-0.15, -0.1) is 13.2 Å². The fourth-order valence-corrected chi connectivity index (χ4v) is 1.71. The van der Waals surface area contributed by atoms with Gasteiger partial charge in [-0.3, -0.25) is 0 Å². The van der Waals surface area contributed by atoms with E-state index in [1.54, 1.807) is 0 Å². The first-order valence-electron chi connectivity index (χ1n) is 3.91. The molecule has 1 heterocycles. The molecule has 0 amide bonds. The summed E-state index contributed by atoms with van der Waals surface area (Å²) in [5.74, 6) is -0.777. The molecule has 0 fully saturated rings. The molecule has 0 N–H and O–H groups in total. The second-order valence-electron chi connectivity index (χ2n) is 2.79. The minimum absolute atomic E-state index is 0.172. The summed E-state index contributed by atoms with van der Waals surface area (Å²) in [6.07, 6.45) is -7.72. The van der Waals surface area contributed by atoms with E-state index in [9.17, 15) is 22.0 Å². The Kier molecular flexibility index (Phi) is 3.72. The van der Waals surface area contributed by atoms with Crippen molar-refractivity contribution in [3.63, 3.8) is 0 Å². The maximum atomic E-state index is 12.4. The van der Waals surface area contributed by atoms with Crippen LogP contribution >= 0.6 is 15.9 Å². The number of aryl methyl sites for hydroxylation is 1. The molecule has 0 unspecified atom stereocenters. The molecule has 0 radical (unpaired) electrons. The summed E-state index contributed by atoms with van der Waals surface area (Å²) in [6, 6.07) is 0.752. The van der Waals surface area contributed by atoms with Gasteiger partial charge in [0.1, 0.15) is 0 Å². The van der Waals surface area contributed by atoms with Crippen LogP contribution in [0.25, 0.3) is 0 Å². The minimum atomic E-state index is -4.90. The molecule has 0 bridgehead atoms. The predicted octanol–water partition coefficient (Wildman–Crippen LogP) is 3.99. The van der Waals surface area contributed by atoms with E-state index in [1.807, 2.05) is 0 Å². The van der Waals surface area contributed by atoms with Crippen molar-refractivity contribution in [2.24, 2.45) is 0 Å². The maximum Gasteiger partial charge on any atom is 0.574 e. The molecule has 0 saturated heterocycles. The largest absolute Gasteiger partial charge is 0.574 e. The normalized spacial score (nSPS) is 12.0. The van der Waals surface area contributed by atoms with Crippen molar-refractivity contribution in [2.45, 2.75) is 19.7 Å². The molecule has 0 saturated carbocycles. The van der Waals surface area contributed by atoms with E-state index in [0.29, 0.717) is 0 Å². The summed E-state index contributed by atoms with van der Waals surface area (Å²) < 4.78 is 63.7. The Hall–Kier alpha value is -0.920. The highest BCUT2D eigenvalue weighted by Gasteiger charge is 2.32. The summed E-state index contributed by atoms with van der Waals surface area (Å²) in [5, 5.41) is 0. The van der Waals surface area contributed by atoms with Crippen LogP contribution < -0.4 is 4.74 Å². The quantitative estimate of drug-likeness (QED) is 0.771. The molecular weight excluding hydrogens is 301 g/mol. The average molecular weight is 306 g/mol. The van der Waals surface area contributed by atoms with Gasteiger partial charge in [0.25, 0.3) is 6.43 Å². The molecule has 1 rings (SSSR count). The van der Waals surface area contributed by atoms with Gasteiger partial charge >= 0.3 is 6.36 Å². The van der Waals surface area contributed by atoms with Gasteiger partial charge in [-0.2, -0.15) is 0 Å². The molecule has 0 aliphatic heterocycles. The highest BCUT2D eigenvalue weighted by Crippen LogP contribution is 2.33. The first-order valence-corrected chi connectivity index (χ1v) is 4.71. The molecule has 1 aromatic heterocycles. The number of aromatic nitrogens is 1. The third-order valence-corrected chi connectivity index (χ3v) is 2.27. The number of ether oxygens (including phenoxy) is 1. The monoisotopic (exact) mass is 305 g/mol. The van der Waals surface area contributed by atoms with E-state index in [-0.39, 0.29) is 10.2 Å². The standard InChI is InChI=1S/C8H5BrF5NO/c1-3-6(7(10)11)4(9)2-5(15-3)16-8(12,13)14/h2,7H,1H3. The summed E-state index contributed by atoms with van der Waals surface area (Å²) in [6.45, 7) is 1.18. The SMILES string of the molecule is Cc1nc(OC(F)(F)F)cc(Br)c1C(F)F. The van der Waals surface area contributed by atoms with E-state index < -0.39 is 24.2 Å². The molecule has 0 aromatic carbocycles. The van der Waals surface area contributed by atoms with Crippen LogP contribution in [-0.4, -0.2) is 11.3 Å². The van der Waals surface area contributed by atoms with Crippen LogP contribution in [0.5, 0.6) is 5.88 Å². The zero-order chi connectivity index (χ0) is 12.5. The van der Waals surface area contributed by atoms with Crippen molar-refractivity contribution in [3.8, 4) is 5.88 Å². The van der Waals surface area contributed by atoms with E-state index in [0.717, 1.165) is 6.07 Å². The van der Waals surface area contributed by atoms with Crippen LogP contribution in [0.15, 0.2) is 10.5 Å². The van der Waals surface area contributed by atoms with Gasteiger partial charge in [0.05, 0.1) is 11.3 Å². The highest BCUT2D eigenvalue weighted by molar-refractivity contribution is 9.10. The molecule has 90 valence electrons. The number of alkyl halides is 5. The Balaban J connectivity index is 3.10. The Morgan fingerprint density at radius 1 is 1.38 bits per heavy atom. The number of pyridine rings is 1. The molecule has 0 aliphatic rings. The first kappa shape index (κ1) is 13.1. The van der Waals surface area contributed by atoms with Crippen LogP contribution in [0, 0.1) is 6.92 Å². The third kappa shape index (κ3) is 3.29. The highest BCUT2D eigenvalue weighted by atomic mass is 79.9. The molecule has 1 aromatic rings. The Bertz CT molecular complexity index is 370. The molecule has 2 nitrogen and oxygen atoms in total. The lowest BCUT2D eigenvalue weighted by atomic mass is 10.2. The number of nitrogens with zero attached hydrogens (tertiary/aromatic N) is 1. The van der Waals surface area contributed by atoms with Gasteiger partial charge in [0.15, 0.2) is 0 Å². The number of rotatable bonds is 2. The van der Waals surface area contributed by atoms with Gasteiger partial charge in [0, 0.05) is 10.5 Å². The van der Waals surface area contributed by atoms with Crippen LogP contribution in [0.2, 0.25) is 0 Å². The Labute approximate surface area is 95.6 Å². The molecule has 0 aliphatic carbocycles. The third-order valence-electron chi connectivity index (χ3n) is 1.61. The molecule has 16 heavy (non-hydrogen) atoms. The minimum Gasteiger partial charge on any atom is -0.388 e. The average Bonchev–Trinajstić information content (AvgIpc) is 1.96. The predicted molar refractivity (Wildman–Crippen MR) is 48.3 cm³/mol. The molecule has 0 spiro atoms. The number of hydrogen-bond donors (Lipinski definition) is 0. The van der Waals surface area contributed by atoms with Gasteiger partial charge in [-0.25, -0.2) is 13.8 Å². The lowest BCUT2D eigenvalue weighted by Crippen LogP contribution is -2.18. The van der Waals surface area contributed by atoms with Crippen molar-refractivity contribution >= 4 is 15.9 Å². The summed E-state index contributed by atoms with van der Waals surface area (Å²) in [5.41, 5.74) is -0.668. The lowest BCUT2D eigenvalue weighted by Gasteiger charge is -2.11. The fourth-order valence-electron chi connectivity index (χ4n) is 1.05. The van der Waals surface area contributed by atoms with Crippen LogP contribution in [0.4, 0.5) is 22.0 Å². The first-order chi connectivity index (χ1) is 7.20. The van der Waals surface area contributed by atoms with E-state index in [2.05, 4.69) is 25.7 Å². The summed E-state index contributed by atoms with van der Waals surface area (Å²) in [7, 11) is 0. The van der Waals surface area contributed by atoms with Gasteiger partial charge in [-0.05, 0) is 6.92 Å². The number of hydrogen-bond acceptors (Lipinski definition) is 2. The molecule has 0 atom stereocenters. The van der Waals surface area contributed by atoms with Gasteiger partial charge in [0.2, 0.25) is 5.88 Å². The van der Waals surface area contributed by atoms with Crippen molar-refractivity contribution in [2.75, 3.05) is 0 Å². The summed E-state index contributed by atoms with van der Waals surface area (Å²) >= 11 is 2.74. The van der Waals surface area contributed by atoms with Crippen molar-refractivity contribution in [1.82, 2.24) is 4.98 Å². The van der Waals surface area contributed by atoms with Gasteiger partial charge in [-0.1, -0.05) is 15.9 Å². The fraction of sp³-hybridized carbons (Fsp3) is 0.375. The Morgan fingerprint density at radius 3 is 2.31 bits per heavy atom. The van der Waals surface area contributed by atoms with E-state index >= 15 is 0 Å². The zero-order valence-corrected chi connectivity index (χ0v) is 9.36. The van der Waals surface area contributed by atoms with Crippen LogP contribution in [0.1, 0.15) is 17.7 Å². The second kappa shape index (κ2) is 4.52. The lowest BCUT2D eigenvalue weighted by molar-refractivity contribution is -0.276. The smallest absolute Gasteiger partial charge is 0.388 e. The Morgan fingerprint density at radius 2 is 1.94 bits per heavy atom. The van der Waals surface area contributed by atoms with E-state index in [1.165, 1.54) is 6.92 Å². The van der Waals surface area contributed by atoms with Crippen LogP contribution in [-0.2, 0) is 0 Å². The second-order valence-corrected chi connectivity index (χ2v) is 3.64. The zero-order valence-electron chi connectivity index (χ0n) is 7.78. The van der Waals surface area contributed by atoms with Gasteiger partial charge < -0.3 is 4.74 Å².